The lowest BCUT2D eigenvalue weighted by atomic mass is 10.1. The minimum Gasteiger partial charge on any atom is -0.480 e. The van der Waals surface area contributed by atoms with E-state index in [1.54, 1.807) is 0 Å². The van der Waals surface area contributed by atoms with Crippen LogP contribution in [0.25, 0.3) is 0 Å². The van der Waals surface area contributed by atoms with Crippen LogP contribution in [0.3, 0.4) is 0 Å². The fraction of sp³-hybridized carbons (Fsp3) is 0.790. The molecule has 0 saturated carbocycles. The number of guanidine groups is 2. The number of carbonyl (C=O) groups is 11. The minimum absolute atomic E-state index is 0.0170. The molecular weight excluding hydrogens is 1420 g/mol. The van der Waals surface area contributed by atoms with E-state index < -0.39 is 72.7 Å². The van der Waals surface area contributed by atoms with Gasteiger partial charge < -0.3 is 91.8 Å². The van der Waals surface area contributed by atoms with Crippen LogP contribution in [0, 0.1) is 0 Å². The number of hydrogen-bond acceptors (Lipinski definition) is 15. The number of unbranched alkanes of at least 4 members (excludes halogenated alkanes) is 21. The largest absolute Gasteiger partial charge is 0.490 e. The topological polar surface area (TPSA) is 542 Å². The summed E-state index contributed by atoms with van der Waals surface area (Å²) in [5, 5.41) is 55.2. The van der Waals surface area contributed by atoms with Crippen molar-refractivity contribution in [1.29, 1.82) is 0 Å². The van der Waals surface area contributed by atoms with Crippen molar-refractivity contribution in [1.82, 2.24) is 31.9 Å². The Morgan fingerprint density at radius 2 is 0.567 bits per heavy atom. The van der Waals surface area contributed by atoms with Crippen LogP contribution in [0.4, 0.5) is 52.7 Å². The molecule has 23 N–H and O–H groups in total. The molecule has 0 unspecified atom stereocenters. The van der Waals surface area contributed by atoms with Gasteiger partial charge in [0.2, 0.25) is 35.4 Å². The van der Waals surface area contributed by atoms with Gasteiger partial charge in [-0.2, -0.15) is 52.7 Å². The van der Waals surface area contributed by atoms with Crippen LogP contribution in [-0.4, -0.2) is 191 Å². The smallest absolute Gasteiger partial charge is 0.480 e. The summed E-state index contributed by atoms with van der Waals surface area (Å²) < 4.78 is 127. The number of carbonyl (C=O) groups excluding carboxylic acids is 6. The first-order valence-electron chi connectivity index (χ1n) is 34.1. The number of amides is 6. The second-order valence-corrected chi connectivity index (χ2v) is 23.3. The molecule has 30 nitrogen and oxygen atoms in total. The second kappa shape index (κ2) is 64.4. The maximum absolute atomic E-state index is 13.1. The van der Waals surface area contributed by atoms with E-state index in [-0.39, 0.29) is 47.4 Å². The lowest BCUT2D eigenvalue weighted by molar-refractivity contribution is -0.193. The molecule has 0 bridgehead atoms. The summed E-state index contributed by atoms with van der Waals surface area (Å²) in [7, 11) is 0. The zero-order valence-electron chi connectivity index (χ0n) is 58.6. The van der Waals surface area contributed by atoms with Crippen molar-refractivity contribution in [3.8, 4) is 0 Å². The third-order valence-corrected chi connectivity index (χ3v) is 14.0. The number of nitrogens with zero attached hydrogens (tertiary/aromatic N) is 2. The summed E-state index contributed by atoms with van der Waals surface area (Å²) in [6, 6.07) is -2.11. The summed E-state index contributed by atoms with van der Waals surface area (Å²) in [5.74, 6) is -12.7. The average Bonchev–Trinajstić information content (AvgIpc) is 0.962. The Balaban J connectivity index is -0.000000966. The van der Waals surface area contributed by atoms with E-state index in [0.29, 0.717) is 110 Å². The third-order valence-electron chi connectivity index (χ3n) is 14.0. The highest BCUT2D eigenvalue weighted by Gasteiger charge is 2.40. The molecule has 0 heterocycles. The maximum Gasteiger partial charge on any atom is 0.490 e. The lowest BCUT2D eigenvalue weighted by Gasteiger charge is -2.18. The number of halogens is 12. The summed E-state index contributed by atoms with van der Waals surface area (Å²) in [5.41, 5.74) is 32.9. The Morgan fingerprint density at radius 1 is 0.317 bits per heavy atom. The van der Waals surface area contributed by atoms with Gasteiger partial charge in [-0.1, -0.05) is 103 Å². The summed E-state index contributed by atoms with van der Waals surface area (Å²) >= 11 is 0. The number of aliphatic imine (C=N–C) groups is 2. The van der Waals surface area contributed by atoms with E-state index in [9.17, 15) is 91.4 Å². The number of carboxylic acid groups (broad SMARTS) is 5. The second-order valence-electron chi connectivity index (χ2n) is 23.3. The van der Waals surface area contributed by atoms with Crippen LogP contribution in [0.15, 0.2) is 9.98 Å². The minimum atomic E-state index is -5.08. The van der Waals surface area contributed by atoms with Gasteiger partial charge in [0.15, 0.2) is 11.9 Å². The lowest BCUT2D eigenvalue weighted by Crippen LogP contribution is -2.47. The van der Waals surface area contributed by atoms with Crippen LogP contribution in [0.5, 0.6) is 0 Å². The summed E-state index contributed by atoms with van der Waals surface area (Å²) in [6.07, 6.45) is 8.29. The average molecular weight is 1540 g/mol. The van der Waals surface area contributed by atoms with Crippen LogP contribution < -0.4 is 66.3 Å². The molecule has 104 heavy (non-hydrogen) atoms. The van der Waals surface area contributed by atoms with Gasteiger partial charge in [-0.15, -0.1) is 0 Å². The molecule has 0 aliphatic heterocycles. The fourth-order valence-electron chi connectivity index (χ4n) is 8.49. The first kappa shape index (κ1) is 104. The predicted molar refractivity (Wildman–Crippen MR) is 358 cm³/mol. The van der Waals surface area contributed by atoms with Crippen molar-refractivity contribution in [3.05, 3.63) is 0 Å². The Kier molecular flexibility index (Phi) is 64.7. The number of nitrogens with two attached hydrogens (primary N) is 6. The zero-order chi connectivity index (χ0) is 80.6. The first-order chi connectivity index (χ1) is 48.4. The normalized spacial score (nSPS) is 11.9. The van der Waals surface area contributed by atoms with Gasteiger partial charge in [0.1, 0.15) is 12.1 Å². The Labute approximate surface area is 596 Å². The van der Waals surface area contributed by atoms with Crippen molar-refractivity contribution in [2.75, 3.05) is 45.8 Å². The van der Waals surface area contributed by atoms with Gasteiger partial charge in [-0.25, -0.2) is 24.0 Å². The molecule has 42 heteroatoms. The highest BCUT2D eigenvalue weighted by molar-refractivity contribution is 5.88. The molecule has 3 atom stereocenters. The van der Waals surface area contributed by atoms with Crippen molar-refractivity contribution < 1.29 is 131 Å². The van der Waals surface area contributed by atoms with Gasteiger partial charge >= 0.3 is 54.6 Å². The number of hydrogen-bond donors (Lipinski definition) is 17. The van der Waals surface area contributed by atoms with E-state index in [1.165, 1.54) is 0 Å². The SMILES string of the molecule is NCCCC[C@H](NC(=O)CCCCCCCCCCCNC(=O)CCCCCNC(=O)[C@H](CCCN=C(N)N)NC(=O)CCCCCCCCCCCNC(=O)CCCCCNC(=O)[C@@H](N)CCCN=C(N)N)C(=O)O.O=C(O)C(F)(F)F.O=C(O)C(F)(F)F.O=C(O)C(F)(F)F.O=C(O)C(F)(F)F. The quantitative estimate of drug-likeness (QED) is 0.0133. The molecule has 0 fully saturated rings. The molecule has 0 spiro atoms. The molecule has 0 aliphatic rings. The van der Waals surface area contributed by atoms with Gasteiger partial charge in [0, 0.05) is 65.0 Å². The molecule has 0 saturated heterocycles. The van der Waals surface area contributed by atoms with E-state index in [2.05, 4.69) is 41.9 Å². The van der Waals surface area contributed by atoms with Gasteiger partial charge in [0.05, 0.1) is 6.04 Å². The molecule has 0 aromatic heterocycles. The molecular formula is C62H110F12N14O16. The molecule has 0 rings (SSSR count). The van der Waals surface area contributed by atoms with E-state index in [0.717, 1.165) is 161 Å². The highest BCUT2D eigenvalue weighted by Crippen LogP contribution is 2.17. The zero-order valence-corrected chi connectivity index (χ0v) is 58.6. The summed E-state index contributed by atoms with van der Waals surface area (Å²) in [4.78, 5) is 130. The van der Waals surface area contributed by atoms with Crippen LogP contribution in [0.1, 0.15) is 225 Å². The molecule has 6 amide bonds. The van der Waals surface area contributed by atoms with Gasteiger partial charge in [0.25, 0.3) is 0 Å². The van der Waals surface area contributed by atoms with E-state index >= 15 is 0 Å². The maximum atomic E-state index is 13.1. The number of rotatable bonds is 53. The molecule has 0 radical (unpaired) electrons. The Morgan fingerprint density at radius 3 is 0.865 bits per heavy atom. The number of nitrogens with one attached hydrogen (secondary N) is 6. The Hall–Kier alpha value is -8.21. The number of aliphatic carboxylic acids is 5. The van der Waals surface area contributed by atoms with Crippen LogP contribution in [0.2, 0.25) is 0 Å². The molecule has 608 valence electrons. The summed E-state index contributed by atoms with van der Waals surface area (Å²) in [6.45, 7) is 3.64. The van der Waals surface area contributed by atoms with Gasteiger partial charge in [-0.3, -0.25) is 38.8 Å². The van der Waals surface area contributed by atoms with Crippen molar-refractivity contribution in [3.63, 3.8) is 0 Å². The predicted octanol–water partition coefficient (Wildman–Crippen LogP) is 6.52. The van der Waals surface area contributed by atoms with E-state index in [4.69, 9.17) is 74.0 Å². The molecule has 0 aliphatic carbocycles. The third kappa shape index (κ3) is 76.4. The Bertz CT molecular complexity index is 2370. The highest BCUT2D eigenvalue weighted by atomic mass is 19.4. The fourth-order valence-corrected chi connectivity index (χ4v) is 8.49. The molecule has 0 aromatic rings. The first-order valence-corrected chi connectivity index (χ1v) is 34.1. The van der Waals surface area contributed by atoms with Crippen molar-refractivity contribution >= 4 is 77.2 Å². The van der Waals surface area contributed by atoms with Crippen LogP contribution in [-0.2, 0) is 52.7 Å². The molecule has 0 aromatic carbocycles. The van der Waals surface area contributed by atoms with Crippen molar-refractivity contribution in [2.45, 2.75) is 268 Å². The van der Waals surface area contributed by atoms with E-state index in [1.807, 2.05) is 0 Å². The number of carboxylic acids is 5. The van der Waals surface area contributed by atoms with Gasteiger partial charge in [-0.05, 0) is 103 Å². The van der Waals surface area contributed by atoms with Crippen molar-refractivity contribution in [2.24, 2.45) is 44.4 Å². The van der Waals surface area contributed by atoms with Crippen LogP contribution >= 0.6 is 0 Å². The monoisotopic (exact) mass is 1530 g/mol. The number of alkyl halides is 12. The standard InChI is InChI=1S/C54H106N14O8.4C2HF3O2/c55-36-22-21-30-45(52(75)76)68-49(72)35-18-12-8-4-2-6-10-14-24-38-62-47(70)33-20-16-26-40-64-51(74)44(31-28-42-66-54(59)60)67-48(71)34-17-11-7-3-1-5-9-13-23-37-61-46(69)32-19-15-25-39-63-50(73)43(56)29-27-41-65-53(57)58;4*3-2(4,5)1(6)7/h43-45H,1-42,55-56H2,(H,61,69)(H,62,70)(H,63,73)(H,64,74)(H,67,71)(H,68,72)(H,75,76)(H4,57,58,65)(H4,59,60,66);4*(H,6,7)/t43-,44-,45-;;;;/m0..../s1.